The number of amides is 2. The summed E-state index contributed by atoms with van der Waals surface area (Å²) in [4.78, 5) is 29.8. The van der Waals surface area contributed by atoms with E-state index in [1.165, 1.54) is 12.8 Å². The first-order valence-corrected chi connectivity index (χ1v) is 11.5. The molecule has 140 valence electrons. The van der Waals surface area contributed by atoms with E-state index >= 15 is 0 Å². The Hall–Kier alpha value is -1.11. The summed E-state index contributed by atoms with van der Waals surface area (Å²) in [5, 5.41) is 0. The van der Waals surface area contributed by atoms with Crippen LogP contribution in [0, 0.1) is 17.3 Å². The van der Waals surface area contributed by atoms with Gasteiger partial charge < -0.3 is 9.80 Å². The van der Waals surface area contributed by atoms with Gasteiger partial charge >= 0.3 is 0 Å². The van der Waals surface area contributed by atoms with Crippen molar-refractivity contribution < 1.29 is 18.0 Å². The molecule has 0 unspecified atom stereocenters. The highest BCUT2D eigenvalue weighted by Gasteiger charge is 2.50. The van der Waals surface area contributed by atoms with Crippen LogP contribution in [0.4, 0.5) is 0 Å². The van der Waals surface area contributed by atoms with Crippen LogP contribution in [0.5, 0.6) is 0 Å². The van der Waals surface area contributed by atoms with Crippen molar-refractivity contribution in [3.05, 3.63) is 0 Å². The molecule has 4 rings (SSSR count). The number of rotatable bonds is 3. The van der Waals surface area contributed by atoms with Crippen LogP contribution < -0.4 is 0 Å². The van der Waals surface area contributed by atoms with Crippen molar-refractivity contribution in [3.8, 4) is 0 Å². The van der Waals surface area contributed by atoms with E-state index in [0.717, 1.165) is 32.4 Å². The normalized spacial score (nSPS) is 33.2. The Morgan fingerprint density at radius 3 is 2.48 bits per heavy atom. The molecule has 1 aliphatic carbocycles. The average Bonchev–Trinajstić information content (AvgIpc) is 3.29. The van der Waals surface area contributed by atoms with Gasteiger partial charge in [-0.25, -0.2) is 8.42 Å². The zero-order chi connectivity index (χ0) is 17.7. The first kappa shape index (κ1) is 17.3. The number of carbonyl (C=O) groups is 2. The molecule has 3 aliphatic heterocycles. The van der Waals surface area contributed by atoms with E-state index in [1.54, 1.807) is 0 Å². The lowest BCUT2D eigenvalue weighted by Gasteiger charge is -2.39. The topological polar surface area (TPSA) is 74.8 Å². The second-order valence-electron chi connectivity index (χ2n) is 8.51. The van der Waals surface area contributed by atoms with Crippen LogP contribution in [0.25, 0.3) is 0 Å². The van der Waals surface area contributed by atoms with Crippen LogP contribution >= 0.6 is 0 Å². The molecule has 2 amide bonds. The average molecular weight is 368 g/mol. The lowest BCUT2D eigenvalue weighted by Crippen LogP contribution is -2.51. The highest BCUT2D eigenvalue weighted by atomic mass is 32.2. The molecule has 1 atom stereocenters. The third-order valence-electron chi connectivity index (χ3n) is 6.57. The summed E-state index contributed by atoms with van der Waals surface area (Å²) in [5.74, 6) is 1.08. The van der Waals surface area contributed by atoms with Gasteiger partial charge in [-0.05, 0) is 50.9 Å². The number of carbonyl (C=O) groups excluding carboxylic acids is 2. The monoisotopic (exact) mass is 368 g/mol. The van der Waals surface area contributed by atoms with E-state index in [-0.39, 0.29) is 34.7 Å². The molecular weight excluding hydrogens is 340 g/mol. The molecule has 6 nitrogen and oxygen atoms in total. The van der Waals surface area contributed by atoms with Crippen molar-refractivity contribution in [2.45, 2.75) is 44.9 Å². The summed E-state index contributed by atoms with van der Waals surface area (Å²) in [6.07, 6.45) is 6.04. The Kier molecular flexibility index (Phi) is 4.33. The number of sulfone groups is 1. The molecule has 7 heteroatoms. The van der Waals surface area contributed by atoms with E-state index in [2.05, 4.69) is 0 Å². The maximum Gasteiger partial charge on any atom is 0.230 e. The summed E-state index contributed by atoms with van der Waals surface area (Å²) in [6, 6.07) is 0. The lowest BCUT2D eigenvalue weighted by molar-refractivity contribution is -0.146. The fourth-order valence-electron chi connectivity index (χ4n) is 4.77. The van der Waals surface area contributed by atoms with Crippen molar-refractivity contribution in [1.29, 1.82) is 0 Å². The maximum absolute atomic E-state index is 13.1. The molecular formula is C18H28N2O4S. The molecule has 0 radical (unpaired) electrons. The minimum absolute atomic E-state index is 0.0684. The van der Waals surface area contributed by atoms with Gasteiger partial charge in [0.1, 0.15) is 9.84 Å². The van der Waals surface area contributed by atoms with Gasteiger partial charge in [0.25, 0.3) is 0 Å². The molecule has 4 fully saturated rings. The van der Waals surface area contributed by atoms with Crippen molar-refractivity contribution >= 4 is 21.7 Å². The van der Waals surface area contributed by atoms with Gasteiger partial charge in [0.15, 0.2) is 0 Å². The quantitative estimate of drug-likeness (QED) is 0.747. The zero-order valence-corrected chi connectivity index (χ0v) is 15.6. The van der Waals surface area contributed by atoms with Crippen LogP contribution in [-0.4, -0.2) is 67.7 Å². The standard InChI is InChI=1S/C18H28N2O4S/c21-16(15-4-10-25(23,24)11-5-15)20-9-7-18(13-20)6-1-8-19(17(18)22)12-14-2-3-14/h14-15H,1-13H2/t18-/m1/s1. The fraction of sp³-hybridized carbons (Fsp3) is 0.889. The summed E-state index contributed by atoms with van der Waals surface area (Å²) in [7, 11) is -2.95. The molecule has 0 bridgehead atoms. The predicted molar refractivity (Wildman–Crippen MR) is 93.5 cm³/mol. The molecule has 1 saturated carbocycles. The minimum atomic E-state index is -2.95. The van der Waals surface area contributed by atoms with Crippen LogP contribution in [0.3, 0.4) is 0 Å². The largest absolute Gasteiger partial charge is 0.342 e. The number of hydrogen-bond donors (Lipinski definition) is 0. The second-order valence-corrected chi connectivity index (χ2v) is 10.8. The van der Waals surface area contributed by atoms with E-state index in [0.29, 0.717) is 31.8 Å². The first-order valence-electron chi connectivity index (χ1n) is 9.67. The van der Waals surface area contributed by atoms with Crippen LogP contribution in [0.1, 0.15) is 44.9 Å². The SMILES string of the molecule is O=C(C1CCS(=O)(=O)CC1)N1CC[C@]2(CCCN(CC3CC3)C2=O)C1. The van der Waals surface area contributed by atoms with Crippen molar-refractivity contribution in [2.24, 2.45) is 17.3 Å². The molecule has 3 heterocycles. The highest BCUT2D eigenvalue weighted by molar-refractivity contribution is 7.91. The molecule has 1 spiro atoms. The van der Waals surface area contributed by atoms with Gasteiger partial charge in [-0.2, -0.15) is 0 Å². The Balaban J connectivity index is 1.39. The third-order valence-corrected chi connectivity index (χ3v) is 8.28. The van der Waals surface area contributed by atoms with Crippen molar-refractivity contribution in [3.63, 3.8) is 0 Å². The Morgan fingerprint density at radius 1 is 1.08 bits per heavy atom. The second kappa shape index (κ2) is 6.25. The van der Waals surface area contributed by atoms with E-state index in [4.69, 9.17) is 0 Å². The van der Waals surface area contributed by atoms with E-state index in [9.17, 15) is 18.0 Å². The van der Waals surface area contributed by atoms with Gasteiger partial charge in [0.2, 0.25) is 11.8 Å². The molecule has 4 aliphatic rings. The Morgan fingerprint density at radius 2 is 1.80 bits per heavy atom. The highest BCUT2D eigenvalue weighted by Crippen LogP contribution is 2.42. The molecule has 3 saturated heterocycles. The number of nitrogens with zero attached hydrogens (tertiary/aromatic N) is 2. The predicted octanol–water partition coefficient (Wildman–Crippen LogP) is 1.06. The Labute approximate surface area is 149 Å². The smallest absolute Gasteiger partial charge is 0.230 e. The van der Waals surface area contributed by atoms with Crippen LogP contribution in [0.2, 0.25) is 0 Å². The summed E-state index contributed by atoms with van der Waals surface area (Å²) in [6.45, 7) is 2.95. The number of likely N-dealkylation sites (tertiary alicyclic amines) is 2. The van der Waals surface area contributed by atoms with Gasteiger partial charge in [-0.3, -0.25) is 9.59 Å². The van der Waals surface area contributed by atoms with Gasteiger partial charge in [-0.1, -0.05) is 0 Å². The maximum atomic E-state index is 13.1. The lowest BCUT2D eigenvalue weighted by atomic mass is 9.78. The van der Waals surface area contributed by atoms with E-state index < -0.39 is 9.84 Å². The van der Waals surface area contributed by atoms with Crippen molar-refractivity contribution in [2.75, 3.05) is 37.7 Å². The zero-order valence-electron chi connectivity index (χ0n) is 14.8. The third kappa shape index (κ3) is 3.44. The van der Waals surface area contributed by atoms with E-state index in [1.807, 2.05) is 9.80 Å². The first-order chi connectivity index (χ1) is 11.9. The molecule has 0 N–H and O–H groups in total. The van der Waals surface area contributed by atoms with Crippen LogP contribution in [0.15, 0.2) is 0 Å². The van der Waals surface area contributed by atoms with Gasteiger partial charge in [0, 0.05) is 32.1 Å². The van der Waals surface area contributed by atoms with Crippen molar-refractivity contribution in [1.82, 2.24) is 9.80 Å². The molecule has 0 aromatic rings. The number of hydrogen-bond acceptors (Lipinski definition) is 4. The fourth-order valence-corrected chi connectivity index (χ4v) is 6.26. The molecule has 25 heavy (non-hydrogen) atoms. The van der Waals surface area contributed by atoms with Gasteiger partial charge in [-0.15, -0.1) is 0 Å². The summed E-state index contributed by atoms with van der Waals surface area (Å²) >= 11 is 0. The summed E-state index contributed by atoms with van der Waals surface area (Å²) in [5.41, 5.74) is -0.371. The molecule has 0 aromatic heterocycles. The summed E-state index contributed by atoms with van der Waals surface area (Å²) < 4.78 is 23.2. The number of piperidine rings is 1. The Bertz CT molecular complexity index is 659. The van der Waals surface area contributed by atoms with Gasteiger partial charge in [0.05, 0.1) is 16.9 Å². The van der Waals surface area contributed by atoms with Crippen LogP contribution in [-0.2, 0) is 19.4 Å². The molecule has 0 aromatic carbocycles. The minimum Gasteiger partial charge on any atom is -0.342 e.